The fourth-order valence-electron chi connectivity index (χ4n) is 5.04. The number of benzene rings is 2. The molecule has 39 heavy (non-hydrogen) atoms. The minimum atomic E-state index is -3.97. The highest BCUT2D eigenvalue weighted by Gasteiger charge is 2.27. The van der Waals surface area contributed by atoms with Gasteiger partial charge in [0.15, 0.2) is 11.3 Å². The van der Waals surface area contributed by atoms with Crippen LogP contribution in [0.1, 0.15) is 5.56 Å². The van der Waals surface area contributed by atoms with Crippen molar-refractivity contribution in [3.8, 4) is 11.3 Å². The molecule has 1 fully saturated rings. The zero-order valence-corrected chi connectivity index (χ0v) is 22.2. The molecule has 0 N–H and O–H groups in total. The van der Waals surface area contributed by atoms with Crippen molar-refractivity contribution in [3.63, 3.8) is 0 Å². The number of nitrogens with zero attached hydrogens (tertiary/aromatic N) is 9. The largest absolute Gasteiger partial charge is 0.338 e. The van der Waals surface area contributed by atoms with Crippen molar-refractivity contribution in [2.75, 3.05) is 38.1 Å². The van der Waals surface area contributed by atoms with E-state index in [1.165, 1.54) is 10.2 Å². The smallest absolute Gasteiger partial charge is 0.269 e. The van der Waals surface area contributed by atoms with E-state index in [2.05, 4.69) is 32.0 Å². The van der Waals surface area contributed by atoms with E-state index in [9.17, 15) is 8.42 Å². The van der Waals surface area contributed by atoms with Gasteiger partial charge in [0.25, 0.3) is 10.0 Å². The Labute approximate surface area is 224 Å². The predicted molar refractivity (Wildman–Crippen MR) is 148 cm³/mol. The Morgan fingerprint density at radius 1 is 0.923 bits per heavy atom. The quantitative estimate of drug-likeness (QED) is 0.333. The van der Waals surface area contributed by atoms with E-state index >= 15 is 0 Å². The maximum atomic E-state index is 13.9. The fraction of sp³-hybridized carbons (Fsp3) is 0.222. The van der Waals surface area contributed by atoms with Crippen molar-refractivity contribution >= 4 is 43.7 Å². The number of fused-ring (bicyclic) bond motifs is 4. The predicted octanol–water partition coefficient (Wildman–Crippen LogP) is 2.99. The van der Waals surface area contributed by atoms with Gasteiger partial charge in [0.2, 0.25) is 5.95 Å². The molecule has 0 unspecified atom stereocenters. The molecule has 4 aromatic heterocycles. The van der Waals surface area contributed by atoms with Gasteiger partial charge in [0.1, 0.15) is 11.8 Å². The van der Waals surface area contributed by atoms with Crippen molar-refractivity contribution in [2.45, 2.75) is 11.8 Å². The summed E-state index contributed by atoms with van der Waals surface area (Å²) in [6, 6.07) is 14.6. The second-order valence-electron chi connectivity index (χ2n) is 9.83. The van der Waals surface area contributed by atoms with Gasteiger partial charge in [-0.1, -0.05) is 35.9 Å². The molecule has 6 aromatic rings. The molecule has 12 heteroatoms. The van der Waals surface area contributed by atoms with Crippen LogP contribution in [-0.4, -0.2) is 80.1 Å². The van der Waals surface area contributed by atoms with Crippen LogP contribution in [-0.2, 0) is 10.0 Å². The summed E-state index contributed by atoms with van der Waals surface area (Å²) in [4.78, 5) is 19.1. The molecule has 0 spiro atoms. The minimum Gasteiger partial charge on any atom is -0.338 e. The van der Waals surface area contributed by atoms with E-state index in [0.717, 1.165) is 42.6 Å². The number of rotatable bonds is 4. The fourth-order valence-corrected chi connectivity index (χ4v) is 6.35. The number of anilines is 1. The second-order valence-corrected chi connectivity index (χ2v) is 11.6. The molecule has 11 nitrogen and oxygen atoms in total. The Hall–Kier alpha value is -4.42. The van der Waals surface area contributed by atoms with Crippen LogP contribution >= 0.6 is 0 Å². The molecule has 7 rings (SSSR count). The van der Waals surface area contributed by atoms with Gasteiger partial charge in [-0.15, -0.1) is 10.2 Å². The molecule has 5 heterocycles. The average Bonchev–Trinajstić information content (AvgIpc) is 3.58. The van der Waals surface area contributed by atoms with Crippen LogP contribution in [0.3, 0.4) is 0 Å². The van der Waals surface area contributed by atoms with Gasteiger partial charge < -0.3 is 9.80 Å². The molecular formula is C27H25N9O2S. The van der Waals surface area contributed by atoms with Gasteiger partial charge in [-0.2, -0.15) is 0 Å². The molecular weight excluding hydrogens is 514 g/mol. The Balaban J connectivity index is 1.52. The van der Waals surface area contributed by atoms with Gasteiger partial charge in [0, 0.05) is 43.3 Å². The van der Waals surface area contributed by atoms with Gasteiger partial charge >= 0.3 is 0 Å². The first kappa shape index (κ1) is 23.7. The van der Waals surface area contributed by atoms with E-state index in [-0.39, 0.29) is 10.5 Å². The van der Waals surface area contributed by atoms with E-state index in [1.54, 1.807) is 41.2 Å². The summed E-state index contributed by atoms with van der Waals surface area (Å²) in [5.41, 5.74) is 4.31. The molecule has 0 amide bonds. The summed E-state index contributed by atoms with van der Waals surface area (Å²) >= 11 is 0. The molecule has 0 atom stereocenters. The Kier molecular flexibility index (Phi) is 5.35. The summed E-state index contributed by atoms with van der Waals surface area (Å²) in [7, 11) is -1.87. The topological polar surface area (TPSA) is 114 Å². The monoisotopic (exact) mass is 539 g/mol. The Morgan fingerprint density at radius 3 is 2.49 bits per heavy atom. The highest BCUT2D eigenvalue weighted by Crippen LogP contribution is 2.36. The molecule has 1 saturated heterocycles. The van der Waals surface area contributed by atoms with Gasteiger partial charge in [-0.05, 0) is 32.2 Å². The number of aromatic nitrogens is 7. The average molecular weight is 540 g/mol. The number of likely N-dealkylation sites (N-methyl/N-ethyl adjacent to an activating group) is 1. The van der Waals surface area contributed by atoms with Gasteiger partial charge in [0.05, 0.1) is 22.3 Å². The van der Waals surface area contributed by atoms with Crippen LogP contribution in [0.25, 0.3) is 39.0 Å². The molecule has 0 radical (unpaired) electrons. The summed E-state index contributed by atoms with van der Waals surface area (Å²) in [6.07, 6.45) is 4.69. The van der Waals surface area contributed by atoms with Crippen molar-refractivity contribution in [2.24, 2.45) is 0 Å². The maximum absolute atomic E-state index is 13.9. The van der Waals surface area contributed by atoms with E-state index in [1.807, 2.05) is 31.2 Å². The summed E-state index contributed by atoms with van der Waals surface area (Å²) in [5.74, 6) is 0.614. The first-order valence-electron chi connectivity index (χ1n) is 12.6. The third-order valence-corrected chi connectivity index (χ3v) is 8.91. The lowest BCUT2D eigenvalue weighted by molar-refractivity contribution is 0.311. The lowest BCUT2D eigenvalue weighted by Crippen LogP contribution is -2.45. The van der Waals surface area contributed by atoms with Crippen LogP contribution in [0, 0.1) is 6.92 Å². The number of para-hydroxylation sites is 1. The number of hydrogen-bond donors (Lipinski definition) is 0. The zero-order valence-electron chi connectivity index (χ0n) is 21.4. The van der Waals surface area contributed by atoms with Crippen LogP contribution in [0.5, 0.6) is 0 Å². The first-order valence-corrected chi connectivity index (χ1v) is 14.1. The summed E-state index contributed by atoms with van der Waals surface area (Å²) in [6.45, 7) is 5.34. The van der Waals surface area contributed by atoms with E-state index in [4.69, 9.17) is 9.97 Å². The van der Waals surface area contributed by atoms with Gasteiger partial charge in [-0.25, -0.2) is 27.3 Å². The van der Waals surface area contributed by atoms with Crippen molar-refractivity contribution in [3.05, 3.63) is 72.8 Å². The van der Waals surface area contributed by atoms with Crippen molar-refractivity contribution < 1.29 is 8.42 Å². The Morgan fingerprint density at radius 2 is 1.69 bits per heavy atom. The third-order valence-electron chi connectivity index (χ3n) is 7.25. The molecule has 0 bridgehead atoms. The molecule has 196 valence electrons. The molecule has 1 aliphatic heterocycles. The molecule has 0 saturated carbocycles. The number of hydrogen-bond acceptors (Lipinski definition) is 9. The molecule has 2 aromatic carbocycles. The first-order chi connectivity index (χ1) is 18.9. The van der Waals surface area contributed by atoms with Crippen LogP contribution < -0.4 is 4.90 Å². The molecule has 1 aliphatic rings. The molecule has 0 aliphatic carbocycles. The van der Waals surface area contributed by atoms with E-state index in [0.29, 0.717) is 28.4 Å². The third kappa shape index (κ3) is 3.82. The maximum Gasteiger partial charge on any atom is 0.269 e. The minimum absolute atomic E-state index is 0.174. The standard InChI is InChI=1S/C27H25N9O2S/c1-18-7-9-19(10-8-18)39(37,38)36-16-21(25-26(36)28-15-23-32-29-17-35(23)25)24-20-5-3-4-6-22(20)30-27(31-24)34-13-11-33(2)12-14-34/h3-10,15-17H,11-14H2,1-2H3. The zero-order chi connectivity index (χ0) is 26.7. The summed E-state index contributed by atoms with van der Waals surface area (Å²) in [5, 5.41) is 9.02. The number of aryl methyl sites for hydroxylation is 1. The highest BCUT2D eigenvalue weighted by atomic mass is 32.2. The SMILES string of the molecule is Cc1ccc(S(=O)(=O)n2cc(-c3nc(N4CCN(C)CC4)nc4ccccc34)c3c2ncc2nncn23)cc1. The van der Waals surface area contributed by atoms with Crippen molar-refractivity contribution in [1.82, 2.24) is 38.4 Å². The normalized spacial score (nSPS) is 15.1. The van der Waals surface area contributed by atoms with Crippen LogP contribution in [0.15, 0.2) is 72.1 Å². The van der Waals surface area contributed by atoms with Crippen molar-refractivity contribution in [1.29, 1.82) is 0 Å². The van der Waals surface area contributed by atoms with Gasteiger partial charge in [-0.3, -0.25) is 4.40 Å². The number of piperazine rings is 1. The lowest BCUT2D eigenvalue weighted by atomic mass is 10.1. The van der Waals surface area contributed by atoms with E-state index < -0.39 is 10.0 Å². The van der Waals surface area contributed by atoms with Crippen LogP contribution in [0.4, 0.5) is 5.95 Å². The van der Waals surface area contributed by atoms with Crippen LogP contribution in [0.2, 0.25) is 0 Å². The second kappa shape index (κ2) is 8.82. The Bertz CT molecular complexity index is 1970. The lowest BCUT2D eigenvalue weighted by Gasteiger charge is -2.32. The summed E-state index contributed by atoms with van der Waals surface area (Å²) < 4.78 is 30.8. The highest BCUT2D eigenvalue weighted by molar-refractivity contribution is 7.90.